The molecule has 0 heterocycles. The van der Waals surface area contributed by atoms with Gasteiger partial charge in [0.25, 0.3) is 0 Å². The lowest BCUT2D eigenvalue weighted by atomic mass is 10.1. The van der Waals surface area contributed by atoms with Crippen LogP contribution in [0.15, 0.2) is 60.8 Å². The summed E-state index contributed by atoms with van der Waals surface area (Å²) in [6.07, 6.45) is 46.8. The van der Waals surface area contributed by atoms with E-state index in [1.807, 2.05) is 0 Å². The Kier molecular flexibility index (Phi) is 34.7. The fraction of sp³-hybridized carbons (Fsp3) is 0.718. The predicted octanol–water partition coefficient (Wildman–Crippen LogP) is 11.3. The normalized spacial score (nSPS) is 13.1. The molecule has 1 atom stereocenters. The van der Waals surface area contributed by atoms with Crippen molar-refractivity contribution in [1.82, 2.24) is 0 Å². The summed E-state index contributed by atoms with van der Waals surface area (Å²) in [5, 5.41) is 9.55. The van der Waals surface area contributed by atoms with Crippen molar-refractivity contribution in [2.75, 3.05) is 19.8 Å². The molecule has 0 aromatic heterocycles. The second-order valence-electron chi connectivity index (χ2n) is 11.6. The maximum absolute atomic E-state index is 12.1. The largest absolute Gasteiger partial charge is 0.457 e. The third kappa shape index (κ3) is 34.4. The van der Waals surface area contributed by atoms with E-state index in [0.29, 0.717) is 13.0 Å². The Morgan fingerprint density at radius 2 is 1.05 bits per heavy atom. The van der Waals surface area contributed by atoms with Gasteiger partial charge >= 0.3 is 5.97 Å². The maximum atomic E-state index is 12.1. The minimum absolute atomic E-state index is 0.186. The van der Waals surface area contributed by atoms with E-state index in [-0.39, 0.29) is 19.2 Å². The molecule has 248 valence electrons. The highest BCUT2D eigenvalue weighted by Crippen LogP contribution is 2.11. The van der Waals surface area contributed by atoms with E-state index in [0.717, 1.165) is 64.2 Å². The van der Waals surface area contributed by atoms with Gasteiger partial charge in [0.05, 0.1) is 13.2 Å². The molecule has 0 fully saturated rings. The molecule has 0 aliphatic heterocycles. The van der Waals surface area contributed by atoms with Crippen LogP contribution in [0.4, 0.5) is 0 Å². The summed E-state index contributed by atoms with van der Waals surface area (Å²) in [4.78, 5) is 12.1. The van der Waals surface area contributed by atoms with Crippen molar-refractivity contribution in [2.45, 2.75) is 161 Å². The molecule has 1 N–H and O–H groups in total. The van der Waals surface area contributed by atoms with Gasteiger partial charge in [0.2, 0.25) is 0 Å². The fourth-order valence-corrected chi connectivity index (χ4v) is 4.66. The van der Waals surface area contributed by atoms with Crippen molar-refractivity contribution in [3.63, 3.8) is 0 Å². The zero-order valence-corrected chi connectivity index (χ0v) is 28.2. The Hall–Kier alpha value is -1.91. The number of carbonyl (C=O) groups excluding carboxylic acids is 1. The number of aliphatic hydroxyl groups is 1. The molecule has 0 bridgehead atoms. The van der Waals surface area contributed by atoms with Crippen LogP contribution in [0.1, 0.15) is 155 Å². The first kappa shape index (κ1) is 41.1. The zero-order valence-electron chi connectivity index (χ0n) is 28.2. The van der Waals surface area contributed by atoms with E-state index in [1.54, 1.807) is 0 Å². The lowest BCUT2D eigenvalue weighted by Crippen LogP contribution is -2.27. The Morgan fingerprint density at radius 3 is 1.58 bits per heavy atom. The molecule has 0 radical (unpaired) electrons. The summed E-state index contributed by atoms with van der Waals surface area (Å²) in [5.41, 5.74) is 0. The highest BCUT2D eigenvalue weighted by molar-refractivity contribution is 5.69. The van der Waals surface area contributed by atoms with Crippen molar-refractivity contribution in [1.29, 1.82) is 0 Å². The van der Waals surface area contributed by atoms with Crippen LogP contribution in [-0.2, 0) is 14.3 Å². The minimum atomic E-state index is -0.549. The number of hydrogen-bond acceptors (Lipinski definition) is 4. The SMILES string of the molecule is CC/C=C\C/C=C\C/C=C\CCCCCCCC(=O)OC(CO)COCCCCCCCC/C=C\C/C=C\CCCCC. The zero-order chi connectivity index (χ0) is 31.3. The van der Waals surface area contributed by atoms with Crippen LogP contribution in [0.25, 0.3) is 0 Å². The molecule has 0 amide bonds. The van der Waals surface area contributed by atoms with Gasteiger partial charge in [0.15, 0.2) is 0 Å². The highest BCUT2D eigenvalue weighted by Gasteiger charge is 2.13. The first-order valence-electron chi connectivity index (χ1n) is 17.9. The van der Waals surface area contributed by atoms with Gasteiger partial charge in [-0.2, -0.15) is 0 Å². The monoisotopic (exact) mass is 601 g/mol. The van der Waals surface area contributed by atoms with E-state index in [2.05, 4.69) is 74.6 Å². The molecule has 4 nitrogen and oxygen atoms in total. The van der Waals surface area contributed by atoms with Gasteiger partial charge in [0, 0.05) is 13.0 Å². The number of rotatable bonds is 32. The molecule has 0 spiro atoms. The van der Waals surface area contributed by atoms with Crippen molar-refractivity contribution in [2.24, 2.45) is 0 Å². The van der Waals surface area contributed by atoms with E-state index < -0.39 is 6.10 Å². The minimum Gasteiger partial charge on any atom is -0.457 e. The van der Waals surface area contributed by atoms with E-state index in [4.69, 9.17) is 9.47 Å². The summed E-state index contributed by atoms with van der Waals surface area (Å²) < 4.78 is 11.1. The van der Waals surface area contributed by atoms with E-state index in [9.17, 15) is 9.90 Å². The topological polar surface area (TPSA) is 55.8 Å². The van der Waals surface area contributed by atoms with E-state index in [1.165, 1.54) is 70.6 Å². The Balaban J connectivity index is 3.52. The smallest absolute Gasteiger partial charge is 0.306 e. The molecular formula is C39H68O4. The van der Waals surface area contributed by atoms with Gasteiger partial charge in [-0.3, -0.25) is 4.79 Å². The summed E-state index contributed by atoms with van der Waals surface area (Å²) in [5.74, 6) is -0.224. The average molecular weight is 601 g/mol. The Labute approximate surface area is 266 Å². The molecule has 4 heteroatoms. The van der Waals surface area contributed by atoms with Crippen LogP contribution < -0.4 is 0 Å². The molecule has 0 saturated heterocycles. The molecular weight excluding hydrogens is 532 g/mol. The van der Waals surface area contributed by atoms with Crippen LogP contribution in [-0.4, -0.2) is 37.0 Å². The lowest BCUT2D eigenvalue weighted by molar-refractivity contribution is -0.154. The second kappa shape index (κ2) is 36.3. The summed E-state index contributed by atoms with van der Waals surface area (Å²) >= 11 is 0. The average Bonchev–Trinajstić information content (AvgIpc) is 3.01. The first-order chi connectivity index (χ1) is 21.2. The summed E-state index contributed by atoms with van der Waals surface area (Å²) in [6, 6.07) is 0. The van der Waals surface area contributed by atoms with Gasteiger partial charge in [-0.05, 0) is 77.0 Å². The highest BCUT2D eigenvalue weighted by atomic mass is 16.6. The number of aliphatic hydroxyl groups excluding tert-OH is 1. The van der Waals surface area contributed by atoms with Crippen molar-refractivity contribution in [3.8, 4) is 0 Å². The summed E-state index contributed by atoms with van der Waals surface area (Å²) in [6.45, 7) is 5.15. The fourth-order valence-electron chi connectivity index (χ4n) is 4.66. The van der Waals surface area contributed by atoms with Gasteiger partial charge in [-0.25, -0.2) is 0 Å². The third-order valence-corrected chi connectivity index (χ3v) is 7.33. The molecule has 43 heavy (non-hydrogen) atoms. The quantitative estimate of drug-likeness (QED) is 0.0474. The van der Waals surface area contributed by atoms with E-state index >= 15 is 0 Å². The number of ether oxygens (including phenoxy) is 2. The molecule has 0 aromatic rings. The van der Waals surface area contributed by atoms with Crippen molar-refractivity contribution < 1.29 is 19.4 Å². The standard InChI is InChI=1S/C39H68O4/c1-3-5-7-9-11-13-15-17-19-21-23-25-27-29-31-33-35-42-37-38(36-40)43-39(41)34-32-30-28-26-24-22-20-18-16-14-12-10-8-6-4-2/h6,8,11-14,17-20,38,40H,3-5,7,9-10,15-16,21-37H2,1-2H3/b8-6-,13-11-,14-12-,19-17-,20-18-. The Bertz CT molecular complexity index is 719. The predicted molar refractivity (Wildman–Crippen MR) is 186 cm³/mol. The number of esters is 1. The number of unbranched alkanes of at least 4 members (excludes halogenated alkanes) is 14. The molecule has 0 rings (SSSR count). The van der Waals surface area contributed by atoms with Gasteiger partial charge < -0.3 is 14.6 Å². The summed E-state index contributed by atoms with van der Waals surface area (Å²) in [7, 11) is 0. The van der Waals surface area contributed by atoms with Crippen LogP contribution in [0.2, 0.25) is 0 Å². The molecule has 0 saturated carbocycles. The lowest BCUT2D eigenvalue weighted by Gasteiger charge is -2.15. The maximum Gasteiger partial charge on any atom is 0.306 e. The molecule has 0 aliphatic rings. The Morgan fingerprint density at radius 1 is 0.581 bits per heavy atom. The third-order valence-electron chi connectivity index (χ3n) is 7.33. The first-order valence-corrected chi connectivity index (χ1v) is 17.9. The van der Waals surface area contributed by atoms with Crippen LogP contribution in [0.5, 0.6) is 0 Å². The van der Waals surface area contributed by atoms with Crippen LogP contribution in [0, 0.1) is 0 Å². The van der Waals surface area contributed by atoms with Gasteiger partial charge in [-0.1, -0.05) is 132 Å². The molecule has 1 unspecified atom stereocenters. The van der Waals surface area contributed by atoms with Crippen molar-refractivity contribution in [3.05, 3.63) is 60.8 Å². The second-order valence-corrected chi connectivity index (χ2v) is 11.6. The number of carbonyl (C=O) groups is 1. The number of hydrogen-bond donors (Lipinski definition) is 1. The number of allylic oxidation sites excluding steroid dienone is 10. The molecule has 0 aliphatic carbocycles. The van der Waals surface area contributed by atoms with Crippen LogP contribution >= 0.6 is 0 Å². The van der Waals surface area contributed by atoms with Crippen molar-refractivity contribution >= 4 is 5.97 Å². The molecule has 0 aromatic carbocycles. The van der Waals surface area contributed by atoms with Crippen LogP contribution in [0.3, 0.4) is 0 Å². The van der Waals surface area contributed by atoms with Gasteiger partial charge in [0.1, 0.15) is 6.10 Å². The van der Waals surface area contributed by atoms with Gasteiger partial charge in [-0.15, -0.1) is 0 Å².